The van der Waals surface area contributed by atoms with Gasteiger partial charge in [-0.2, -0.15) is 0 Å². The van der Waals surface area contributed by atoms with Gasteiger partial charge in [0.05, 0.1) is 10.6 Å². The highest BCUT2D eigenvalue weighted by Gasteiger charge is 2.30. The fourth-order valence-electron chi connectivity index (χ4n) is 2.28. The van der Waals surface area contributed by atoms with Crippen molar-refractivity contribution < 1.29 is 18.0 Å². The maximum Gasteiger partial charge on any atom is 0.263 e. The van der Waals surface area contributed by atoms with Crippen molar-refractivity contribution in [1.82, 2.24) is 4.98 Å². The zero-order valence-electron chi connectivity index (χ0n) is 12.0. The summed E-state index contributed by atoms with van der Waals surface area (Å²) in [6, 6.07) is 10.7. The molecule has 2 amide bonds. The van der Waals surface area contributed by atoms with E-state index in [1.807, 2.05) is 0 Å². The van der Waals surface area contributed by atoms with E-state index in [1.165, 1.54) is 30.5 Å². The van der Waals surface area contributed by atoms with E-state index >= 15 is 0 Å². The highest BCUT2D eigenvalue weighted by atomic mass is 32.2. The lowest BCUT2D eigenvalue weighted by Gasteiger charge is -2.15. The van der Waals surface area contributed by atoms with Gasteiger partial charge >= 0.3 is 0 Å². The highest BCUT2D eigenvalue weighted by molar-refractivity contribution is 7.92. The number of carbonyl (C=O) groups excluding carboxylic acids is 2. The van der Waals surface area contributed by atoms with Gasteiger partial charge in [-0.25, -0.2) is 13.4 Å². The Hall–Kier alpha value is -2.74. The van der Waals surface area contributed by atoms with E-state index < -0.39 is 10.0 Å². The summed E-state index contributed by atoms with van der Waals surface area (Å²) >= 11 is 0. The van der Waals surface area contributed by atoms with E-state index in [-0.39, 0.29) is 35.4 Å². The maximum atomic E-state index is 12.3. The highest BCUT2D eigenvalue weighted by Crippen LogP contribution is 2.25. The Kier molecular flexibility index (Phi) is 3.83. The first kappa shape index (κ1) is 15.2. The number of carbonyl (C=O) groups is 2. The Bertz CT molecular complexity index is 849. The molecule has 2 heterocycles. The van der Waals surface area contributed by atoms with E-state index in [4.69, 9.17) is 0 Å². The minimum atomic E-state index is -3.78. The number of rotatable bonds is 4. The standard InChI is InChI=1S/C15H13N3O4S/c19-14-6-7-15(20)18(14)11-8-9-16-13(10-11)17-23(21,22)12-4-2-1-3-5-12/h1-5,8-10H,6-7H2,(H,16,17). The number of aromatic nitrogens is 1. The molecule has 0 saturated carbocycles. The Morgan fingerprint density at radius 2 is 1.65 bits per heavy atom. The second kappa shape index (κ2) is 5.81. The number of nitrogens with one attached hydrogen (secondary N) is 1. The summed E-state index contributed by atoms with van der Waals surface area (Å²) in [5.41, 5.74) is 0.304. The van der Waals surface area contributed by atoms with Gasteiger partial charge in [-0.3, -0.25) is 19.2 Å². The summed E-state index contributed by atoms with van der Waals surface area (Å²) in [6.45, 7) is 0. The molecule has 1 fully saturated rings. The molecule has 0 bridgehead atoms. The Balaban J connectivity index is 1.89. The third kappa shape index (κ3) is 3.07. The Morgan fingerprint density at radius 3 is 2.30 bits per heavy atom. The topological polar surface area (TPSA) is 96.4 Å². The molecule has 2 aromatic rings. The molecule has 0 atom stereocenters. The molecular weight excluding hydrogens is 318 g/mol. The molecule has 0 spiro atoms. The monoisotopic (exact) mass is 331 g/mol. The summed E-state index contributed by atoms with van der Waals surface area (Å²) in [5, 5.41) is 0. The van der Waals surface area contributed by atoms with E-state index in [1.54, 1.807) is 18.2 Å². The molecule has 1 N–H and O–H groups in total. The fraction of sp³-hybridized carbons (Fsp3) is 0.133. The molecule has 1 aliphatic heterocycles. The predicted molar refractivity (Wildman–Crippen MR) is 83.2 cm³/mol. The van der Waals surface area contributed by atoms with Gasteiger partial charge in [-0.1, -0.05) is 18.2 Å². The third-order valence-electron chi connectivity index (χ3n) is 3.35. The number of imide groups is 1. The van der Waals surface area contributed by atoms with E-state index in [9.17, 15) is 18.0 Å². The Morgan fingerprint density at radius 1 is 1.00 bits per heavy atom. The number of sulfonamides is 1. The first-order chi connectivity index (χ1) is 11.0. The second-order valence-corrected chi connectivity index (χ2v) is 6.62. The van der Waals surface area contributed by atoms with Crippen molar-refractivity contribution in [2.45, 2.75) is 17.7 Å². The lowest BCUT2D eigenvalue weighted by Crippen LogP contribution is -2.28. The number of nitrogens with zero attached hydrogens (tertiary/aromatic N) is 2. The van der Waals surface area contributed by atoms with Crippen molar-refractivity contribution in [3.8, 4) is 0 Å². The second-order valence-electron chi connectivity index (χ2n) is 4.94. The van der Waals surface area contributed by atoms with Crippen LogP contribution in [0, 0.1) is 0 Å². The van der Waals surface area contributed by atoms with Gasteiger partial charge in [0, 0.05) is 25.1 Å². The van der Waals surface area contributed by atoms with Crippen LogP contribution in [0.4, 0.5) is 11.5 Å². The number of amides is 2. The van der Waals surface area contributed by atoms with Crippen LogP contribution in [-0.2, 0) is 19.6 Å². The first-order valence-corrected chi connectivity index (χ1v) is 8.35. The molecule has 1 aliphatic rings. The van der Waals surface area contributed by atoms with Crippen LogP contribution in [0.5, 0.6) is 0 Å². The van der Waals surface area contributed by atoms with E-state index in [0.717, 1.165) is 4.90 Å². The summed E-state index contributed by atoms with van der Waals surface area (Å²) < 4.78 is 26.9. The first-order valence-electron chi connectivity index (χ1n) is 6.87. The van der Waals surface area contributed by atoms with Gasteiger partial charge < -0.3 is 0 Å². The van der Waals surface area contributed by atoms with Gasteiger partial charge in [0.1, 0.15) is 5.82 Å². The smallest absolute Gasteiger partial charge is 0.263 e. The fourth-order valence-corrected chi connectivity index (χ4v) is 3.30. The summed E-state index contributed by atoms with van der Waals surface area (Å²) in [4.78, 5) is 28.6. The van der Waals surface area contributed by atoms with Crippen LogP contribution in [0.15, 0.2) is 53.6 Å². The Labute approximate surface area is 133 Å². The SMILES string of the molecule is O=C1CCC(=O)N1c1ccnc(NS(=O)(=O)c2ccccc2)c1. The van der Waals surface area contributed by atoms with Gasteiger partial charge in [0.25, 0.3) is 10.0 Å². The van der Waals surface area contributed by atoms with Crippen LogP contribution < -0.4 is 9.62 Å². The number of anilines is 2. The molecule has 3 rings (SSSR count). The average Bonchev–Trinajstić information content (AvgIpc) is 2.87. The lowest BCUT2D eigenvalue weighted by molar-refractivity contribution is -0.121. The zero-order chi connectivity index (χ0) is 16.4. The largest absolute Gasteiger partial charge is 0.274 e. The van der Waals surface area contributed by atoms with Gasteiger partial charge in [-0.15, -0.1) is 0 Å². The van der Waals surface area contributed by atoms with Crippen molar-refractivity contribution in [1.29, 1.82) is 0 Å². The summed E-state index contributed by atoms with van der Waals surface area (Å²) in [5.74, 6) is -0.574. The summed E-state index contributed by atoms with van der Waals surface area (Å²) in [7, 11) is -3.78. The van der Waals surface area contributed by atoms with Crippen molar-refractivity contribution in [3.05, 3.63) is 48.7 Å². The molecule has 0 unspecified atom stereocenters. The normalized spacial score (nSPS) is 15.0. The summed E-state index contributed by atoms with van der Waals surface area (Å²) in [6.07, 6.45) is 1.66. The predicted octanol–water partition coefficient (Wildman–Crippen LogP) is 1.54. The van der Waals surface area contributed by atoms with Crippen LogP contribution in [0.25, 0.3) is 0 Å². The maximum absolute atomic E-state index is 12.3. The van der Waals surface area contributed by atoms with Crippen LogP contribution in [0.2, 0.25) is 0 Å². The molecule has 1 aromatic carbocycles. The zero-order valence-corrected chi connectivity index (χ0v) is 12.8. The van der Waals surface area contributed by atoms with E-state index in [2.05, 4.69) is 9.71 Å². The molecule has 118 valence electrons. The van der Waals surface area contributed by atoms with Gasteiger partial charge in [-0.05, 0) is 18.2 Å². The molecule has 1 aromatic heterocycles. The molecule has 7 nitrogen and oxygen atoms in total. The quantitative estimate of drug-likeness (QED) is 0.857. The van der Waals surface area contributed by atoms with Crippen LogP contribution in [0.3, 0.4) is 0 Å². The number of hydrogen-bond acceptors (Lipinski definition) is 5. The molecule has 8 heteroatoms. The number of benzene rings is 1. The average molecular weight is 331 g/mol. The molecule has 0 aliphatic carbocycles. The molecule has 0 radical (unpaired) electrons. The third-order valence-corrected chi connectivity index (χ3v) is 4.72. The number of hydrogen-bond donors (Lipinski definition) is 1. The minimum Gasteiger partial charge on any atom is -0.274 e. The number of pyridine rings is 1. The van der Waals surface area contributed by atoms with Crippen LogP contribution in [0.1, 0.15) is 12.8 Å². The van der Waals surface area contributed by atoms with Crippen molar-refractivity contribution in [3.63, 3.8) is 0 Å². The molecule has 23 heavy (non-hydrogen) atoms. The van der Waals surface area contributed by atoms with Gasteiger partial charge in [0.15, 0.2) is 0 Å². The van der Waals surface area contributed by atoms with Crippen molar-refractivity contribution >= 4 is 33.3 Å². The van der Waals surface area contributed by atoms with Crippen LogP contribution >= 0.6 is 0 Å². The van der Waals surface area contributed by atoms with E-state index in [0.29, 0.717) is 5.69 Å². The van der Waals surface area contributed by atoms with Gasteiger partial charge in [0.2, 0.25) is 11.8 Å². The van der Waals surface area contributed by atoms with Crippen LogP contribution in [-0.4, -0.2) is 25.2 Å². The van der Waals surface area contributed by atoms with Crippen molar-refractivity contribution in [2.24, 2.45) is 0 Å². The van der Waals surface area contributed by atoms with Crippen molar-refractivity contribution in [2.75, 3.05) is 9.62 Å². The lowest BCUT2D eigenvalue weighted by atomic mass is 10.3. The molecular formula is C15H13N3O4S. The minimum absolute atomic E-state index is 0.0406. The molecule has 1 saturated heterocycles.